The van der Waals surface area contributed by atoms with Crippen molar-refractivity contribution in [3.05, 3.63) is 48.0 Å². The summed E-state index contributed by atoms with van der Waals surface area (Å²) >= 11 is 0. The van der Waals surface area contributed by atoms with Gasteiger partial charge in [0.25, 0.3) is 0 Å². The van der Waals surface area contributed by atoms with E-state index in [-0.39, 0.29) is 106 Å². The van der Waals surface area contributed by atoms with Gasteiger partial charge in [0.15, 0.2) is 0 Å². The molecule has 0 fully saturated rings. The first-order chi connectivity index (χ1) is 6.29. The van der Waals surface area contributed by atoms with Crippen molar-refractivity contribution in [2.75, 3.05) is 0 Å². The maximum Gasteiger partial charge on any atom is 1.00 e. The Morgan fingerprint density at radius 3 is 2.27 bits per heavy atom. The molecule has 0 saturated carbocycles. The minimum Gasteiger partial charge on any atom is -1.00 e. The molecule has 0 amide bonds. The fourth-order valence-electron chi connectivity index (χ4n) is 1.41. The van der Waals surface area contributed by atoms with Gasteiger partial charge in [0, 0.05) is 0 Å². The summed E-state index contributed by atoms with van der Waals surface area (Å²) in [6.07, 6.45) is 0. The second-order valence-corrected chi connectivity index (χ2v) is 2.83. The summed E-state index contributed by atoms with van der Waals surface area (Å²) in [5.41, 5.74) is 0.359. The molecule has 0 aliphatic heterocycles. The van der Waals surface area contributed by atoms with Gasteiger partial charge < -0.3 is 7.96 Å². The van der Waals surface area contributed by atoms with Gasteiger partial charge in [-0.3, -0.25) is 0 Å². The minimum atomic E-state index is -0.878. The third-order valence-corrected chi connectivity index (χ3v) is 2.02. The molecule has 0 saturated heterocycles. The van der Waals surface area contributed by atoms with Crippen LogP contribution in [0.25, 0.3) is 10.8 Å². The minimum absolute atomic E-state index is 0. The van der Waals surface area contributed by atoms with Gasteiger partial charge in [0.2, 0.25) is 0 Å². The fraction of sp³-hybridized carbons (Fsp3) is 0. The molecule has 2 aromatic rings. The summed E-state index contributed by atoms with van der Waals surface area (Å²) in [6, 6.07) is 12.7. The Hall–Kier alpha value is 1.44. The molecule has 0 heterocycles. The van der Waals surface area contributed by atoms with Crippen molar-refractivity contribution in [2.24, 2.45) is 0 Å². The molecule has 15 heavy (non-hydrogen) atoms. The summed E-state index contributed by atoms with van der Waals surface area (Å²) in [5.74, 6) is -0.878. The van der Waals surface area contributed by atoms with Gasteiger partial charge in [-0.25, -0.2) is 4.79 Å². The number of carboxylic acid groups (broad SMARTS) is 1. The average Bonchev–Trinajstić information content (AvgIpc) is 2.17. The number of hydrogen-bond acceptors (Lipinski definition) is 1. The van der Waals surface area contributed by atoms with Gasteiger partial charge in [-0.1, -0.05) is 36.4 Å². The first kappa shape index (κ1) is 16.4. The Bertz CT molecular complexity index is 472. The third kappa shape index (κ3) is 3.99. The zero-order valence-electron chi connectivity index (χ0n) is 10.9. The quantitative estimate of drug-likeness (QED) is 0.542. The summed E-state index contributed by atoms with van der Waals surface area (Å²) in [4.78, 5) is 10.8. The van der Waals surface area contributed by atoms with Crippen molar-refractivity contribution in [3.8, 4) is 0 Å². The van der Waals surface area contributed by atoms with Crippen molar-refractivity contribution in [2.45, 2.75) is 0 Å². The van der Waals surface area contributed by atoms with Crippen LogP contribution in [0.4, 0.5) is 0 Å². The van der Waals surface area contributed by atoms with Crippen molar-refractivity contribution in [3.63, 3.8) is 0 Å². The maximum atomic E-state index is 10.8. The Labute approximate surface area is 176 Å². The van der Waals surface area contributed by atoms with Crippen LogP contribution in [0.3, 0.4) is 0 Å². The number of aromatic carboxylic acids is 1. The van der Waals surface area contributed by atoms with Crippen LogP contribution >= 0.6 is 0 Å². The van der Waals surface area contributed by atoms with Crippen LogP contribution in [0.2, 0.25) is 0 Å². The van der Waals surface area contributed by atoms with E-state index >= 15 is 0 Å². The smallest absolute Gasteiger partial charge is 1.00 e. The molecule has 0 aromatic heterocycles. The predicted octanol–water partition coefficient (Wildman–Crippen LogP) is -3.23. The van der Waals surface area contributed by atoms with Crippen LogP contribution in [-0.2, 0) is 0 Å². The Balaban J connectivity index is -0.000000490. The van der Waals surface area contributed by atoms with E-state index in [1.807, 2.05) is 30.3 Å². The van der Waals surface area contributed by atoms with E-state index in [2.05, 4.69) is 0 Å². The molecule has 0 aliphatic rings. The summed E-state index contributed by atoms with van der Waals surface area (Å²) in [5, 5.41) is 10.6. The first-order valence-corrected chi connectivity index (χ1v) is 4.00. The molecule has 0 unspecified atom stereocenters. The van der Waals surface area contributed by atoms with Gasteiger partial charge in [-0.05, 0) is 16.8 Å². The van der Waals surface area contributed by atoms with E-state index < -0.39 is 5.97 Å². The molecule has 0 radical (unpaired) electrons. The van der Waals surface area contributed by atoms with Gasteiger partial charge in [-0.15, -0.1) is 0 Å². The molecular formula is C11H10K2O2. The van der Waals surface area contributed by atoms with Crippen LogP contribution in [0.15, 0.2) is 42.5 Å². The normalized spacial score (nSPS) is 8.80. The van der Waals surface area contributed by atoms with Gasteiger partial charge in [-0.2, -0.15) is 0 Å². The largest absolute Gasteiger partial charge is 1.00 e. The Kier molecular flexibility index (Phi) is 8.45. The maximum absolute atomic E-state index is 10.8. The van der Waals surface area contributed by atoms with E-state index in [9.17, 15) is 4.79 Å². The Morgan fingerprint density at radius 2 is 1.60 bits per heavy atom. The fourth-order valence-corrected chi connectivity index (χ4v) is 1.41. The second kappa shape index (κ2) is 7.71. The zero-order valence-corrected chi connectivity index (χ0v) is 15.1. The monoisotopic (exact) mass is 252 g/mol. The molecule has 2 nitrogen and oxygen atoms in total. The van der Waals surface area contributed by atoms with Gasteiger partial charge in [0.1, 0.15) is 0 Å². The van der Waals surface area contributed by atoms with Crippen LogP contribution < -0.4 is 103 Å². The molecule has 0 spiro atoms. The predicted molar refractivity (Wildman–Crippen MR) is 53.1 cm³/mol. The van der Waals surface area contributed by atoms with Gasteiger partial charge >= 0.3 is 109 Å². The molecule has 0 atom stereocenters. The van der Waals surface area contributed by atoms with Crippen molar-refractivity contribution < 1.29 is 116 Å². The van der Waals surface area contributed by atoms with E-state index in [1.54, 1.807) is 12.1 Å². The van der Waals surface area contributed by atoms with E-state index in [1.165, 1.54) is 0 Å². The summed E-state index contributed by atoms with van der Waals surface area (Å²) in [6.45, 7) is 0. The van der Waals surface area contributed by atoms with Crippen LogP contribution in [0.1, 0.15) is 13.2 Å². The number of carboxylic acids is 1. The van der Waals surface area contributed by atoms with E-state index in [0.29, 0.717) is 5.56 Å². The van der Waals surface area contributed by atoms with Gasteiger partial charge in [0.05, 0.1) is 5.56 Å². The summed E-state index contributed by atoms with van der Waals surface area (Å²) < 4.78 is 0. The molecule has 4 heteroatoms. The topological polar surface area (TPSA) is 37.3 Å². The number of carbonyl (C=O) groups is 1. The number of benzene rings is 2. The SMILES string of the molecule is O=C(O)c1cccc2ccccc12.[H-].[H-].[K+].[K+]. The van der Waals surface area contributed by atoms with Crippen molar-refractivity contribution >= 4 is 16.7 Å². The molecule has 0 bridgehead atoms. The van der Waals surface area contributed by atoms with Crippen LogP contribution in [0.5, 0.6) is 0 Å². The third-order valence-electron chi connectivity index (χ3n) is 2.02. The number of rotatable bonds is 1. The zero-order chi connectivity index (χ0) is 9.26. The average molecular weight is 252 g/mol. The number of hydrogen-bond donors (Lipinski definition) is 1. The molecule has 0 aliphatic carbocycles. The van der Waals surface area contributed by atoms with Crippen molar-refractivity contribution in [1.29, 1.82) is 0 Å². The van der Waals surface area contributed by atoms with E-state index in [0.717, 1.165) is 10.8 Å². The summed E-state index contributed by atoms with van der Waals surface area (Å²) in [7, 11) is 0. The molecule has 2 rings (SSSR count). The van der Waals surface area contributed by atoms with Crippen LogP contribution in [0, 0.1) is 0 Å². The molecule has 1 N–H and O–H groups in total. The number of fused-ring (bicyclic) bond motifs is 1. The standard InChI is InChI=1S/C11H8O2.2K.2H/c12-11(13)10-7-3-5-8-4-1-2-6-9(8)10;;;;/h1-7H,(H,12,13);;;;/q;2*+1;2*-1. The molecular weight excluding hydrogens is 242 g/mol. The van der Waals surface area contributed by atoms with E-state index in [4.69, 9.17) is 5.11 Å². The Morgan fingerprint density at radius 1 is 1.00 bits per heavy atom. The van der Waals surface area contributed by atoms with Crippen molar-refractivity contribution in [1.82, 2.24) is 0 Å². The molecule has 68 valence electrons. The second-order valence-electron chi connectivity index (χ2n) is 2.83. The molecule has 2 aromatic carbocycles. The first-order valence-electron chi connectivity index (χ1n) is 4.00. The van der Waals surface area contributed by atoms with Crippen LogP contribution in [-0.4, -0.2) is 11.1 Å².